The highest BCUT2D eigenvalue weighted by Crippen LogP contribution is 2.37. The summed E-state index contributed by atoms with van der Waals surface area (Å²) in [5.74, 6) is 2.04. The molecule has 6 N–H and O–H groups in total. The first-order valence-electron chi connectivity index (χ1n) is 27.6. The number of anilines is 1. The summed E-state index contributed by atoms with van der Waals surface area (Å²) >= 11 is 3.61. The number of ether oxygens (including phenoxy) is 4. The second-order valence-corrected chi connectivity index (χ2v) is 22.2. The number of allylic oxidation sites excluding steroid dienone is 1. The number of carbonyl (C=O) groups is 6. The largest absolute Gasteiger partial charge is 0.379 e. The van der Waals surface area contributed by atoms with Gasteiger partial charge in [-0.05, 0) is 50.3 Å². The summed E-state index contributed by atoms with van der Waals surface area (Å²) < 4.78 is 23.4. The second-order valence-electron chi connectivity index (χ2n) is 19.8. The number of fused-ring (bicyclic) bond motifs is 3. The number of nitrogens with one attached hydrogen (secondary N) is 6. The van der Waals surface area contributed by atoms with Crippen molar-refractivity contribution in [1.82, 2.24) is 56.5 Å². The molecule has 0 saturated carbocycles. The van der Waals surface area contributed by atoms with Gasteiger partial charge in [0, 0.05) is 138 Å². The maximum absolute atomic E-state index is 13.1. The van der Waals surface area contributed by atoms with Crippen molar-refractivity contribution in [3.8, 4) is 11.4 Å². The molecule has 4 fully saturated rings. The molecule has 6 amide bonds. The standard InChI is InChI=1S/C54H76N12O10S2/c67-38(15-16-49(71)65-22-20-64(21-23-65)36-39-34-43-51(78-39)53(66-24-28-75-29-25-66)62-52(59-43)40-9-3-10-42-41(40)35-58-63-42)8-5-17-55-47(69)13-4-14-48(70)57-19-7-27-74-31-33-76-32-30-73-26-6-18-56-46(68)12-2-1-11-45-50-44(37-77-45)60-54(72)61-50/h3,5,8-10,34-35,44-45,50H,1-2,4,6-7,11-33,36-37H2,(H,55,69)(H,56,68)(H,57,70)(H,58,63)(H2,60,61,72)/b8-5+/t44-,45-,50-/m0/s1. The Hall–Kier alpha value is -5.76. The molecule has 0 bridgehead atoms. The van der Waals surface area contributed by atoms with Crippen molar-refractivity contribution in [2.75, 3.05) is 122 Å². The summed E-state index contributed by atoms with van der Waals surface area (Å²) in [7, 11) is 0. The number of aromatic nitrogens is 4. The summed E-state index contributed by atoms with van der Waals surface area (Å²) in [6, 6.07) is 8.54. The molecule has 0 unspecified atom stereocenters. The zero-order valence-electron chi connectivity index (χ0n) is 44.6. The van der Waals surface area contributed by atoms with Crippen LogP contribution in [-0.4, -0.2) is 200 Å². The minimum Gasteiger partial charge on any atom is -0.379 e. The fourth-order valence-corrected chi connectivity index (χ4v) is 12.5. The number of aromatic amines is 1. The maximum Gasteiger partial charge on any atom is 0.315 e. The Balaban J connectivity index is 0.582. The Kier molecular flexibility index (Phi) is 23.3. The van der Waals surface area contributed by atoms with Crippen LogP contribution in [0.15, 0.2) is 42.6 Å². The number of rotatable bonds is 33. The average Bonchev–Trinajstić information content (AvgIpc) is 4.39. The number of thioether (sulfide) groups is 1. The van der Waals surface area contributed by atoms with Gasteiger partial charge in [0.15, 0.2) is 17.4 Å². The summed E-state index contributed by atoms with van der Waals surface area (Å²) in [6.45, 7) is 10.2. The molecule has 7 heterocycles. The van der Waals surface area contributed by atoms with E-state index in [0.717, 1.165) is 96.7 Å². The van der Waals surface area contributed by atoms with E-state index in [-0.39, 0.29) is 79.8 Å². The molecule has 22 nitrogen and oxygen atoms in total. The first kappa shape index (κ1) is 58.4. The van der Waals surface area contributed by atoms with Crippen LogP contribution in [0.5, 0.6) is 0 Å². The van der Waals surface area contributed by atoms with Crippen LogP contribution in [0.2, 0.25) is 0 Å². The monoisotopic (exact) mass is 1120 g/mol. The fraction of sp³-hybridized carbons (Fsp3) is 0.611. The lowest BCUT2D eigenvalue weighted by molar-refractivity contribution is -0.134. The van der Waals surface area contributed by atoms with Crippen LogP contribution in [0.1, 0.15) is 75.5 Å². The number of thiophene rings is 1. The van der Waals surface area contributed by atoms with Gasteiger partial charge in [-0.25, -0.2) is 14.8 Å². The molecule has 1 aromatic carbocycles. The predicted octanol–water partition coefficient (Wildman–Crippen LogP) is 3.70. The van der Waals surface area contributed by atoms with Gasteiger partial charge in [0.1, 0.15) is 0 Å². The van der Waals surface area contributed by atoms with Gasteiger partial charge in [-0.15, -0.1) is 11.3 Å². The molecular formula is C54H76N12O10S2. The summed E-state index contributed by atoms with van der Waals surface area (Å²) in [4.78, 5) is 91.7. The Labute approximate surface area is 463 Å². The zero-order chi connectivity index (χ0) is 54.3. The minimum atomic E-state index is -0.208. The molecule has 0 aliphatic carbocycles. The van der Waals surface area contributed by atoms with Crippen molar-refractivity contribution in [2.45, 2.75) is 94.5 Å². The van der Waals surface area contributed by atoms with Crippen LogP contribution in [0.3, 0.4) is 0 Å². The van der Waals surface area contributed by atoms with Crippen LogP contribution in [0.25, 0.3) is 32.5 Å². The molecule has 424 valence electrons. The molecule has 8 rings (SSSR count). The Morgan fingerprint density at radius 1 is 0.769 bits per heavy atom. The van der Waals surface area contributed by atoms with E-state index in [1.165, 1.54) is 11.0 Å². The Morgan fingerprint density at radius 2 is 1.47 bits per heavy atom. The molecule has 78 heavy (non-hydrogen) atoms. The van der Waals surface area contributed by atoms with E-state index in [9.17, 15) is 28.8 Å². The molecule has 4 aliphatic rings. The van der Waals surface area contributed by atoms with Crippen molar-refractivity contribution < 1.29 is 47.7 Å². The van der Waals surface area contributed by atoms with Gasteiger partial charge >= 0.3 is 6.03 Å². The van der Waals surface area contributed by atoms with E-state index in [4.69, 9.17) is 28.9 Å². The Morgan fingerprint density at radius 3 is 2.22 bits per heavy atom. The van der Waals surface area contributed by atoms with E-state index < -0.39 is 0 Å². The van der Waals surface area contributed by atoms with E-state index in [2.05, 4.69) is 52.6 Å². The number of piperazine rings is 1. The number of amides is 6. The quantitative estimate of drug-likeness (QED) is 0.0226. The smallest absolute Gasteiger partial charge is 0.315 e. The SMILES string of the molecule is O=C(/C=C/CNC(=O)CCCC(=O)NCCCOCCOCCOCCCNC(=O)CCCC[C@@H]1SC[C@@H]2NC(=O)N[C@@H]21)CCC(=O)N1CCN(Cc2cc3nc(-c4cccc5[nH]ncc45)nc(N4CCOCC4)c3s2)CC1. The third-order valence-electron chi connectivity index (χ3n) is 14.1. The van der Waals surface area contributed by atoms with Crippen LogP contribution >= 0.6 is 23.1 Å². The number of hydrogen-bond donors (Lipinski definition) is 6. The molecule has 4 aliphatic heterocycles. The van der Waals surface area contributed by atoms with Crippen LogP contribution in [-0.2, 0) is 49.5 Å². The number of nitrogens with zero attached hydrogens (tertiary/aromatic N) is 6. The molecule has 4 aromatic rings. The van der Waals surface area contributed by atoms with E-state index in [1.807, 2.05) is 41.1 Å². The molecule has 4 saturated heterocycles. The van der Waals surface area contributed by atoms with Gasteiger partial charge < -0.3 is 55.3 Å². The van der Waals surface area contributed by atoms with Gasteiger partial charge in [-0.2, -0.15) is 16.9 Å². The number of H-pyrrole nitrogens is 1. The average molecular weight is 1120 g/mol. The van der Waals surface area contributed by atoms with Crippen molar-refractivity contribution in [3.63, 3.8) is 0 Å². The van der Waals surface area contributed by atoms with E-state index in [0.29, 0.717) is 109 Å². The van der Waals surface area contributed by atoms with Crippen LogP contribution in [0, 0.1) is 0 Å². The number of hydrogen-bond acceptors (Lipinski definition) is 17. The number of benzene rings is 1. The molecule has 3 atom stereocenters. The lowest BCUT2D eigenvalue weighted by atomic mass is 10.0. The third kappa shape index (κ3) is 18.1. The van der Waals surface area contributed by atoms with Crippen molar-refractivity contribution in [1.29, 1.82) is 0 Å². The normalized spacial score (nSPS) is 18.6. The maximum atomic E-state index is 13.1. The fourth-order valence-electron chi connectivity index (χ4n) is 9.82. The molecular weight excluding hydrogens is 1040 g/mol. The van der Waals surface area contributed by atoms with Crippen LogP contribution in [0.4, 0.5) is 10.6 Å². The second kappa shape index (κ2) is 31.1. The topological polar surface area (TPSA) is 264 Å². The van der Waals surface area contributed by atoms with E-state index >= 15 is 0 Å². The van der Waals surface area contributed by atoms with Crippen LogP contribution < -0.4 is 31.5 Å². The highest BCUT2D eigenvalue weighted by molar-refractivity contribution is 8.00. The van der Waals surface area contributed by atoms with Gasteiger partial charge in [0.2, 0.25) is 23.6 Å². The third-order valence-corrected chi connectivity index (χ3v) is 16.7. The highest BCUT2D eigenvalue weighted by Gasteiger charge is 2.42. The predicted molar refractivity (Wildman–Crippen MR) is 299 cm³/mol. The number of carbonyl (C=O) groups excluding carboxylic acids is 6. The molecule has 0 spiro atoms. The van der Waals surface area contributed by atoms with Gasteiger partial charge in [0.05, 0.1) is 73.7 Å². The summed E-state index contributed by atoms with van der Waals surface area (Å²) in [6.07, 6.45) is 10.5. The van der Waals surface area contributed by atoms with Crippen molar-refractivity contribution in [3.05, 3.63) is 47.5 Å². The van der Waals surface area contributed by atoms with Gasteiger partial charge in [-0.1, -0.05) is 24.6 Å². The molecule has 24 heteroatoms. The molecule has 3 aromatic heterocycles. The Bertz CT molecular complexity index is 2640. The minimum absolute atomic E-state index is 0.0425. The zero-order valence-corrected chi connectivity index (χ0v) is 46.2. The first-order valence-corrected chi connectivity index (χ1v) is 29.5. The van der Waals surface area contributed by atoms with Crippen molar-refractivity contribution in [2.24, 2.45) is 0 Å². The lowest BCUT2D eigenvalue weighted by Crippen LogP contribution is -2.48. The molecule has 0 radical (unpaired) electrons. The van der Waals surface area contributed by atoms with Gasteiger partial charge in [0.25, 0.3) is 0 Å². The van der Waals surface area contributed by atoms with Gasteiger partial charge in [-0.3, -0.25) is 34.0 Å². The number of morpholine rings is 1. The highest BCUT2D eigenvalue weighted by atomic mass is 32.2. The van der Waals surface area contributed by atoms with Crippen molar-refractivity contribution >= 4 is 85.5 Å². The number of unbranched alkanes of at least 4 members (excludes halogenated alkanes) is 1. The first-order chi connectivity index (χ1) is 38.2. The number of urea groups is 1. The number of ketones is 1. The lowest BCUT2D eigenvalue weighted by Gasteiger charge is -2.34. The summed E-state index contributed by atoms with van der Waals surface area (Å²) in [5.41, 5.74) is 2.77. The van der Waals surface area contributed by atoms with E-state index in [1.54, 1.807) is 17.4 Å². The summed E-state index contributed by atoms with van der Waals surface area (Å²) in [5, 5.41) is 23.2.